The van der Waals surface area contributed by atoms with Crippen LogP contribution in [0.2, 0.25) is 0 Å². The van der Waals surface area contributed by atoms with Gasteiger partial charge in [-0.05, 0) is 25.7 Å². The Balaban J connectivity index is 2.25. The first kappa shape index (κ1) is 11.1. The lowest BCUT2D eigenvalue weighted by Gasteiger charge is -2.38. The van der Waals surface area contributed by atoms with Crippen LogP contribution in [0.15, 0.2) is 28.7 Å². The number of piperazine rings is 1. The van der Waals surface area contributed by atoms with E-state index in [1.54, 1.807) is 0 Å². The van der Waals surface area contributed by atoms with E-state index in [9.17, 15) is 0 Å². The Morgan fingerprint density at radius 1 is 1.20 bits per heavy atom. The van der Waals surface area contributed by atoms with Gasteiger partial charge in [-0.3, -0.25) is 4.90 Å². The van der Waals surface area contributed by atoms with E-state index in [4.69, 9.17) is 0 Å². The molecule has 1 saturated heterocycles. The smallest absolute Gasteiger partial charge is 0.0483 e. The number of rotatable bonds is 1. The van der Waals surface area contributed by atoms with E-state index in [0.717, 1.165) is 19.6 Å². The van der Waals surface area contributed by atoms with Crippen molar-refractivity contribution in [3.8, 4) is 0 Å². The molecule has 0 bridgehead atoms. The Morgan fingerprint density at radius 3 is 2.67 bits per heavy atom. The summed E-state index contributed by atoms with van der Waals surface area (Å²) in [6.45, 7) is 3.42. The lowest BCUT2D eigenvalue weighted by molar-refractivity contribution is 0.114. The second-order valence-corrected chi connectivity index (χ2v) is 5.13. The summed E-state index contributed by atoms with van der Waals surface area (Å²) in [6, 6.07) is 9.03. The van der Waals surface area contributed by atoms with Crippen LogP contribution in [0, 0.1) is 0 Å². The lowest BCUT2D eigenvalue weighted by Crippen LogP contribution is -2.44. The fraction of sp³-hybridized carbons (Fsp3) is 0.500. The van der Waals surface area contributed by atoms with Gasteiger partial charge in [-0.2, -0.15) is 0 Å². The topological polar surface area (TPSA) is 6.48 Å². The maximum Gasteiger partial charge on any atom is 0.0483 e. The fourth-order valence-electron chi connectivity index (χ4n) is 2.09. The molecule has 1 heterocycles. The highest BCUT2D eigenvalue weighted by molar-refractivity contribution is 9.10. The molecule has 1 aliphatic heterocycles. The van der Waals surface area contributed by atoms with Gasteiger partial charge in [0.25, 0.3) is 0 Å². The van der Waals surface area contributed by atoms with Crippen LogP contribution in [0.1, 0.15) is 11.6 Å². The first-order valence-corrected chi connectivity index (χ1v) is 6.11. The normalized spacial score (nSPS) is 24.3. The summed E-state index contributed by atoms with van der Waals surface area (Å²) >= 11 is 3.63. The van der Waals surface area contributed by atoms with Crippen molar-refractivity contribution in [2.45, 2.75) is 6.04 Å². The predicted octanol–water partition coefficient (Wildman–Crippen LogP) is 2.37. The first-order valence-electron chi connectivity index (χ1n) is 5.31. The van der Waals surface area contributed by atoms with Crippen molar-refractivity contribution < 1.29 is 0 Å². The molecule has 3 heteroatoms. The molecule has 1 aromatic rings. The molecule has 1 fully saturated rings. The molecule has 1 unspecified atom stereocenters. The molecule has 0 spiro atoms. The highest BCUT2D eigenvalue weighted by Crippen LogP contribution is 2.29. The van der Waals surface area contributed by atoms with Crippen molar-refractivity contribution in [3.05, 3.63) is 34.3 Å². The molecule has 0 radical (unpaired) electrons. The SMILES string of the molecule is CN1CCN(C)C(c2ccccc2Br)C1. The molecule has 0 aliphatic carbocycles. The zero-order valence-corrected chi connectivity index (χ0v) is 10.9. The average molecular weight is 269 g/mol. The minimum atomic E-state index is 0.513. The molecular formula is C12H17BrN2. The van der Waals surface area contributed by atoms with E-state index >= 15 is 0 Å². The standard InChI is InChI=1S/C12H17BrN2/c1-14-7-8-15(2)12(9-14)10-5-3-4-6-11(10)13/h3-6,12H,7-9H2,1-2H3. The second-order valence-electron chi connectivity index (χ2n) is 4.28. The summed E-state index contributed by atoms with van der Waals surface area (Å²) in [7, 11) is 4.40. The minimum Gasteiger partial charge on any atom is -0.303 e. The second kappa shape index (κ2) is 4.64. The van der Waals surface area contributed by atoms with Gasteiger partial charge in [0.2, 0.25) is 0 Å². The molecule has 0 aromatic heterocycles. The summed E-state index contributed by atoms with van der Waals surface area (Å²) in [5.74, 6) is 0. The highest BCUT2D eigenvalue weighted by atomic mass is 79.9. The van der Waals surface area contributed by atoms with Gasteiger partial charge in [-0.15, -0.1) is 0 Å². The highest BCUT2D eigenvalue weighted by Gasteiger charge is 2.24. The number of hydrogen-bond acceptors (Lipinski definition) is 2. The number of nitrogens with zero attached hydrogens (tertiary/aromatic N) is 2. The molecule has 82 valence electrons. The minimum absolute atomic E-state index is 0.513. The van der Waals surface area contributed by atoms with Crippen LogP contribution in [0.5, 0.6) is 0 Å². The van der Waals surface area contributed by atoms with Crippen LogP contribution >= 0.6 is 15.9 Å². The Labute approximate surface area is 100 Å². The molecule has 2 nitrogen and oxygen atoms in total. The average Bonchev–Trinajstić information content (AvgIpc) is 2.23. The molecule has 0 saturated carbocycles. The third-order valence-electron chi connectivity index (χ3n) is 3.12. The Bertz CT molecular complexity index is 340. The van der Waals surface area contributed by atoms with E-state index in [1.165, 1.54) is 10.0 Å². The Kier molecular flexibility index (Phi) is 3.44. The van der Waals surface area contributed by atoms with Crippen LogP contribution in [-0.2, 0) is 0 Å². The van der Waals surface area contributed by atoms with Crippen molar-refractivity contribution in [2.24, 2.45) is 0 Å². The summed E-state index contributed by atoms with van der Waals surface area (Å²) in [5, 5.41) is 0. The third-order valence-corrected chi connectivity index (χ3v) is 3.84. The maximum atomic E-state index is 3.63. The van der Waals surface area contributed by atoms with Crippen molar-refractivity contribution in [1.29, 1.82) is 0 Å². The van der Waals surface area contributed by atoms with E-state index < -0.39 is 0 Å². The van der Waals surface area contributed by atoms with E-state index in [1.807, 2.05) is 0 Å². The zero-order valence-electron chi connectivity index (χ0n) is 9.28. The molecular weight excluding hydrogens is 252 g/mol. The van der Waals surface area contributed by atoms with Crippen LogP contribution in [0.3, 0.4) is 0 Å². The molecule has 1 atom stereocenters. The molecule has 15 heavy (non-hydrogen) atoms. The molecule has 2 rings (SSSR count). The zero-order chi connectivity index (χ0) is 10.8. The maximum absolute atomic E-state index is 3.63. The van der Waals surface area contributed by atoms with Gasteiger partial charge >= 0.3 is 0 Å². The summed E-state index contributed by atoms with van der Waals surface area (Å²) in [6.07, 6.45) is 0. The van der Waals surface area contributed by atoms with Crippen LogP contribution in [-0.4, -0.2) is 43.5 Å². The number of benzene rings is 1. The van der Waals surface area contributed by atoms with Gasteiger partial charge in [0.05, 0.1) is 0 Å². The van der Waals surface area contributed by atoms with Crippen molar-refractivity contribution in [3.63, 3.8) is 0 Å². The Hall–Kier alpha value is -0.380. The molecule has 0 amide bonds. The number of hydrogen-bond donors (Lipinski definition) is 0. The van der Waals surface area contributed by atoms with Gasteiger partial charge < -0.3 is 4.90 Å². The first-order chi connectivity index (χ1) is 7.18. The van der Waals surface area contributed by atoms with E-state index in [0.29, 0.717) is 6.04 Å². The third kappa shape index (κ3) is 2.41. The number of halogens is 1. The summed E-state index contributed by atoms with van der Waals surface area (Å²) in [4.78, 5) is 4.82. The van der Waals surface area contributed by atoms with Crippen molar-refractivity contribution >= 4 is 15.9 Å². The van der Waals surface area contributed by atoms with Crippen molar-refractivity contribution in [1.82, 2.24) is 9.80 Å². The van der Waals surface area contributed by atoms with Crippen molar-refractivity contribution in [2.75, 3.05) is 33.7 Å². The molecule has 0 N–H and O–H groups in total. The van der Waals surface area contributed by atoms with Gasteiger partial charge in [-0.1, -0.05) is 34.1 Å². The van der Waals surface area contributed by atoms with Crippen LogP contribution < -0.4 is 0 Å². The predicted molar refractivity (Wildman–Crippen MR) is 67.0 cm³/mol. The van der Waals surface area contributed by atoms with Gasteiger partial charge in [0, 0.05) is 30.1 Å². The summed E-state index contributed by atoms with van der Waals surface area (Å²) < 4.78 is 1.22. The molecule has 1 aliphatic rings. The van der Waals surface area contributed by atoms with Gasteiger partial charge in [-0.25, -0.2) is 0 Å². The fourth-order valence-corrected chi connectivity index (χ4v) is 2.64. The van der Waals surface area contributed by atoms with Crippen LogP contribution in [0.25, 0.3) is 0 Å². The van der Waals surface area contributed by atoms with Gasteiger partial charge in [0.1, 0.15) is 0 Å². The number of likely N-dealkylation sites (N-methyl/N-ethyl adjacent to an activating group) is 2. The lowest BCUT2D eigenvalue weighted by atomic mass is 10.0. The quantitative estimate of drug-likeness (QED) is 0.772. The van der Waals surface area contributed by atoms with Gasteiger partial charge in [0.15, 0.2) is 0 Å². The van der Waals surface area contributed by atoms with Crippen LogP contribution in [0.4, 0.5) is 0 Å². The summed E-state index contributed by atoms with van der Waals surface area (Å²) in [5.41, 5.74) is 1.39. The van der Waals surface area contributed by atoms with E-state index in [-0.39, 0.29) is 0 Å². The van der Waals surface area contributed by atoms with E-state index in [2.05, 4.69) is 64.1 Å². The molecule has 1 aromatic carbocycles. The monoisotopic (exact) mass is 268 g/mol. The largest absolute Gasteiger partial charge is 0.303 e. The Morgan fingerprint density at radius 2 is 1.93 bits per heavy atom.